The van der Waals surface area contributed by atoms with E-state index in [0.717, 1.165) is 0 Å². The van der Waals surface area contributed by atoms with Crippen molar-refractivity contribution in [3.63, 3.8) is 0 Å². The Morgan fingerprint density at radius 2 is 1.40 bits per heavy atom. The van der Waals surface area contributed by atoms with Crippen molar-refractivity contribution in [1.82, 2.24) is 0 Å². The van der Waals surface area contributed by atoms with Gasteiger partial charge in [0.25, 0.3) is 0 Å². The molecule has 5 heavy (non-hydrogen) atoms. The quantitative estimate of drug-likeness (QED) is 0.235. The molecule has 0 N–H and O–H groups in total. The summed E-state index contributed by atoms with van der Waals surface area (Å²) in [6.45, 7) is 0. The molecule has 0 spiro atoms. The molecule has 0 amide bonds. The molecule has 0 bridgehead atoms. The minimum atomic E-state index is -2.33. The fraction of sp³-hybridized carbons (Fsp3) is 0. The van der Waals surface area contributed by atoms with E-state index in [2.05, 4.69) is 0 Å². The minimum Gasteiger partial charge on any atom is -0.652 e. The van der Waals surface area contributed by atoms with Crippen LogP contribution in [-0.2, 0) is 0 Å². The van der Waals surface area contributed by atoms with E-state index in [4.69, 9.17) is 15.0 Å². The normalized spacial score (nSPS) is 4.80. The Bertz CT molecular complexity index is 29.9. The molecule has 0 rings (SSSR count). The smallest absolute Gasteiger partial charge is 0.652 e. The molecule has 0 aromatic rings. The van der Waals surface area contributed by atoms with E-state index in [-0.39, 0.29) is 23.1 Å². The molecule has 4 heteroatoms. The van der Waals surface area contributed by atoms with Gasteiger partial charge in [-0.1, -0.05) is 0 Å². The van der Waals surface area contributed by atoms with E-state index in [1.54, 1.807) is 0 Å². The molecule has 0 saturated carbocycles. The molecule has 0 saturated heterocycles. The monoisotopic (exact) mass is 85.0 g/mol. The van der Waals surface area contributed by atoms with Gasteiger partial charge in [-0.3, -0.25) is 0 Å². The van der Waals surface area contributed by atoms with Crippen LogP contribution in [0.5, 0.6) is 0 Å². The van der Waals surface area contributed by atoms with Crippen molar-refractivity contribution in [2.24, 2.45) is 0 Å². The van der Waals surface area contributed by atoms with Crippen LogP contribution in [0, 0.1) is 0 Å². The Balaban J connectivity index is 0. The number of rotatable bonds is 0. The SMILES string of the molecule is O=[13C]([O-])[O-].[Mg+2]. The molecule has 0 atom stereocenters. The van der Waals surface area contributed by atoms with Crippen molar-refractivity contribution >= 4 is 29.2 Å². The maximum absolute atomic E-state index is 8.33. The number of carboxylic acid groups (broad SMARTS) is 2. The average molecular weight is 85.3 g/mol. The Kier molecular flexibility index (Phi) is 7.18. The molecule has 0 aromatic carbocycles. The zero-order valence-corrected chi connectivity index (χ0v) is 3.85. The van der Waals surface area contributed by atoms with Gasteiger partial charge < -0.3 is 15.0 Å². The molecule has 0 aliphatic heterocycles. The fourth-order valence-electron chi connectivity index (χ4n) is 0. The molecule has 0 unspecified atom stereocenters. The first-order valence-corrected chi connectivity index (χ1v) is 0.612. The number of carbonyl (C=O) groups excluding carboxylic acids is 1. The largest absolute Gasteiger partial charge is 2.00 e. The molecule has 0 radical (unpaired) electrons. The van der Waals surface area contributed by atoms with Gasteiger partial charge in [0.1, 0.15) is 0 Å². The molecular weight excluding hydrogens is 85.3 g/mol. The van der Waals surface area contributed by atoms with Crippen LogP contribution < -0.4 is 10.2 Å². The maximum Gasteiger partial charge on any atom is 2.00 e. The number of hydrogen-bond donors (Lipinski definition) is 0. The third-order valence-corrected chi connectivity index (χ3v) is 0. The van der Waals surface area contributed by atoms with Gasteiger partial charge in [0.2, 0.25) is 0 Å². The van der Waals surface area contributed by atoms with E-state index in [1.165, 1.54) is 0 Å². The van der Waals surface area contributed by atoms with Gasteiger partial charge in [0.15, 0.2) is 0 Å². The summed E-state index contributed by atoms with van der Waals surface area (Å²) in [6, 6.07) is 0. The molecule has 0 aliphatic carbocycles. The second kappa shape index (κ2) is 4.04. The standard InChI is InChI=1S/CH2O3.Mg/c2-1(3)4;/h(H2,2,3,4);/q;+2/p-2/i1+1;. The van der Waals surface area contributed by atoms with E-state index in [1.807, 2.05) is 0 Å². The van der Waals surface area contributed by atoms with Gasteiger partial charge in [-0.05, 0) is 6.16 Å². The third kappa shape index (κ3) is 12700. The van der Waals surface area contributed by atoms with Crippen LogP contribution in [0.2, 0.25) is 0 Å². The first kappa shape index (κ1) is 8.90. The molecule has 0 aromatic heterocycles. The molecule has 0 aliphatic rings. The second-order valence-corrected chi connectivity index (χ2v) is 0.250. The van der Waals surface area contributed by atoms with Gasteiger partial charge in [0.05, 0.1) is 0 Å². The van der Waals surface area contributed by atoms with Crippen molar-refractivity contribution < 1.29 is 15.0 Å². The minimum absolute atomic E-state index is 0. The van der Waals surface area contributed by atoms with Crippen LogP contribution in [0.15, 0.2) is 0 Å². The summed E-state index contributed by atoms with van der Waals surface area (Å²) in [6.07, 6.45) is -2.33. The van der Waals surface area contributed by atoms with E-state index in [9.17, 15) is 0 Å². The Hall–Kier alpha value is 0.0362. The Labute approximate surface area is 44.8 Å². The van der Waals surface area contributed by atoms with Crippen molar-refractivity contribution in [2.75, 3.05) is 0 Å². The first-order chi connectivity index (χ1) is 1.73. The van der Waals surface area contributed by atoms with Crippen LogP contribution in [0.3, 0.4) is 0 Å². The second-order valence-electron chi connectivity index (χ2n) is 0.250. The van der Waals surface area contributed by atoms with Crippen LogP contribution >= 0.6 is 0 Å². The predicted octanol–water partition coefficient (Wildman–Crippen LogP) is -2.83. The van der Waals surface area contributed by atoms with Crippen molar-refractivity contribution in [1.29, 1.82) is 0 Å². The van der Waals surface area contributed by atoms with Crippen molar-refractivity contribution in [2.45, 2.75) is 0 Å². The van der Waals surface area contributed by atoms with Crippen LogP contribution in [0.1, 0.15) is 0 Å². The summed E-state index contributed by atoms with van der Waals surface area (Å²) in [5, 5.41) is 16.7. The summed E-state index contributed by atoms with van der Waals surface area (Å²) in [7, 11) is 0. The molecular formula is CMgO3. The van der Waals surface area contributed by atoms with Gasteiger partial charge in [-0.2, -0.15) is 0 Å². The molecule has 0 fully saturated rings. The summed E-state index contributed by atoms with van der Waals surface area (Å²) >= 11 is 0. The first-order valence-electron chi connectivity index (χ1n) is 0.612. The van der Waals surface area contributed by atoms with E-state index < -0.39 is 6.16 Å². The summed E-state index contributed by atoms with van der Waals surface area (Å²) in [5.74, 6) is 0. The molecule has 0 heterocycles. The van der Waals surface area contributed by atoms with Gasteiger partial charge >= 0.3 is 23.1 Å². The van der Waals surface area contributed by atoms with Gasteiger partial charge in [-0.25, -0.2) is 0 Å². The number of carbonyl (C=O) groups is 1. The Morgan fingerprint density at radius 1 is 1.40 bits per heavy atom. The molecule has 3 nitrogen and oxygen atoms in total. The summed E-state index contributed by atoms with van der Waals surface area (Å²) in [4.78, 5) is 8.33. The molecule has 24 valence electrons. The maximum atomic E-state index is 8.33. The fourth-order valence-corrected chi connectivity index (χ4v) is 0. The zero-order chi connectivity index (χ0) is 3.58. The van der Waals surface area contributed by atoms with Crippen LogP contribution in [0.4, 0.5) is 4.79 Å². The topological polar surface area (TPSA) is 63.2 Å². The summed E-state index contributed by atoms with van der Waals surface area (Å²) in [5.41, 5.74) is 0. The number of hydrogen-bond acceptors (Lipinski definition) is 3. The van der Waals surface area contributed by atoms with Crippen molar-refractivity contribution in [3.05, 3.63) is 0 Å². The average Bonchev–Trinajstić information content (AvgIpc) is 0.811. The van der Waals surface area contributed by atoms with Gasteiger partial charge in [-0.15, -0.1) is 0 Å². The van der Waals surface area contributed by atoms with Crippen LogP contribution in [0.25, 0.3) is 0 Å². The van der Waals surface area contributed by atoms with Crippen LogP contribution in [-0.4, -0.2) is 29.2 Å². The van der Waals surface area contributed by atoms with Gasteiger partial charge in [0, 0.05) is 0 Å². The van der Waals surface area contributed by atoms with Crippen molar-refractivity contribution in [3.8, 4) is 0 Å². The van der Waals surface area contributed by atoms with E-state index >= 15 is 0 Å². The zero-order valence-electron chi connectivity index (χ0n) is 2.43. The Morgan fingerprint density at radius 3 is 1.40 bits per heavy atom. The summed E-state index contributed by atoms with van der Waals surface area (Å²) < 4.78 is 0. The van der Waals surface area contributed by atoms with E-state index in [0.29, 0.717) is 0 Å². The predicted molar refractivity (Wildman–Crippen MR) is 11.1 cm³/mol. The third-order valence-electron chi connectivity index (χ3n) is 0.